The van der Waals surface area contributed by atoms with Gasteiger partial charge in [-0.05, 0) is 74.4 Å². The Bertz CT molecular complexity index is 2060. The molecule has 6 nitrogen and oxygen atoms in total. The van der Waals surface area contributed by atoms with Gasteiger partial charge in [0.05, 0.1) is 11.0 Å². The maximum atomic E-state index is 12.5. The molecule has 0 fully saturated rings. The van der Waals surface area contributed by atoms with E-state index in [4.69, 9.17) is 9.41 Å². The van der Waals surface area contributed by atoms with Gasteiger partial charge in [0, 0.05) is 52.1 Å². The van der Waals surface area contributed by atoms with E-state index in [2.05, 4.69) is 24.0 Å². The summed E-state index contributed by atoms with van der Waals surface area (Å²) < 4.78 is 41.6. The zero-order chi connectivity index (χ0) is 29.4. The summed E-state index contributed by atoms with van der Waals surface area (Å²) in [5.41, 5.74) is 7.37. The van der Waals surface area contributed by atoms with Crippen molar-refractivity contribution in [2.45, 2.75) is 25.7 Å². The van der Waals surface area contributed by atoms with Gasteiger partial charge in [0.15, 0.2) is 0 Å². The van der Waals surface area contributed by atoms with E-state index in [0.717, 1.165) is 40.1 Å². The van der Waals surface area contributed by atoms with Crippen molar-refractivity contribution in [3.63, 3.8) is 0 Å². The number of rotatable bonds is 6. The number of aryl methyl sites for hydroxylation is 2. The van der Waals surface area contributed by atoms with Crippen LogP contribution < -0.4 is 10.3 Å². The molecule has 4 aromatic carbocycles. The normalized spacial score (nSPS) is 12.2. The maximum absolute atomic E-state index is 12.5. The molecular formula is C35H30N2O4S. The Morgan fingerprint density at radius 1 is 0.762 bits per heavy atom. The fraction of sp³-hybridized carbons (Fsp3) is 0.114. The minimum atomic E-state index is -4.50. The Morgan fingerprint density at radius 2 is 1.48 bits per heavy atom. The third-order valence-corrected chi connectivity index (χ3v) is 8.41. The first-order valence-electron chi connectivity index (χ1n) is 13.8. The Balaban J connectivity index is 1.66. The summed E-state index contributed by atoms with van der Waals surface area (Å²) in [7, 11) is -4.50. The van der Waals surface area contributed by atoms with Crippen molar-refractivity contribution in [1.29, 1.82) is 0 Å². The zero-order valence-electron chi connectivity index (χ0n) is 23.6. The summed E-state index contributed by atoms with van der Waals surface area (Å²) in [6, 6.07) is 34.3. The second-order valence-corrected chi connectivity index (χ2v) is 11.6. The molecular weight excluding hydrogens is 544 g/mol. The Labute approximate surface area is 245 Å². The van der Waals surface area contributed by atoms with E-state index < -0.39 is 10.1 Å². The van der Waals surface area contributed by atoms with E-state index >= 15 is 0 Å². The molecule has 7 heteroatoms. The average molecular weight is 575 g/mol. The lowest BCUT2D eigenvalue weighted by Gasteiger charge is -2.24. The van der Waals surface area contributed by atoms with E-state index in [-0.39, 0.29) is 4.90 Å². The van der Waals surface area contributed by atoms with E-state index in [9.17, 15) is 13.0 Å². The summed E-state index contributed by atoms with van der Waals surface area (Å²) in [5.74, 6) is 0.551. The second-order valence-electron chi connectivity index (χ2n) is 10.2. The number of nitrogens with zero attached hydrogens (tertiary/aromatic N) is 2. The summed E-state index contributed by atoms with van der Waals surface area (Å²) in [4.78, 5) is 6.94. The van der Waals surface area contributed by atoms with E-state index in [1.807, 2.05) is 86.6 Å². The fourth-order valence-corrected chi connectivity index (χ4v) is 6.23. The van der Waals surface area contributed by atoms with Crippen LogP contribution in [-0.2, 0) is 10.1 Å². The maximum Gasteiger partial charge on any atom is 0.295 e. The standard InChI is InChI=1S/C35H30N2O4S/c1-4-37(26-13-6-5-7-14-26)27-18-20-29-32(22-27)41-31-21-25(36-35-23(2)11-10-12-24(35)3)17-19-28(31)34(29)30-15-8-9-16-33(30)42(38,39)40/h5-22H,4H2,1-3H3,(H,38,39,40)/b36-25+. The molecule has 42 heavy (non-hydrogen) atoms. The first-order chi connectivity index (χ1) is 20.2. The molecule has 1 aliphatic carbocycles. The molecule has 1 heterocycles. The monoisotopic (exact) mass is 574 g/mol. The third kappa shape index (κ3) is 5.09. The molecule has 0 saturated carbocycles. The van der Waals surface area contributed by atoms with E-state index in [0.29, 0.717) is 33.4 Å². The van der Waals surface area contributed by atoms with E-state index in [1.165, 1.54) is 6.07 Å². The Hall–Kier alpha value is -4.72. The third-order valence-electron chi connectivity index (χ3n) is 7.50. The van der Waals surface area contributed by atoms with Crippen LogP contribution in [0.3, 0.4) is 0 Å². The molecule has 0 aromatic heterocycles. The molecule has 0 amide bonds. The minimum absolute atomic E-state index is 0.161. The lowest BCUT2D eigenvalue weighted by molar-refractivity contribution is 0.483. The largest absolute Gasteiger partial charge is 0.456 e. The van der Waals surface area contributed by atoms with Crippen LogP contribution in [0.15, 0.2) is 123 Å². The van der Waals surface area contributed by atoms with Crippen molar-refractivity contribution in [2.75, 3.05) is 11.4 Å². The fourth-order valence-electron chi connectivity index (χ4n) is 5.53. The van der Waals surface area contributed by atoms with Crippen molar-refractivity contribution in [1.82, 2.24) is 0 Å². The molecule has 2 aliphatic rings. The molecule has 0 radical (unpaired) electrons. The lowest BCUT2D eigenvalue weighted by Crippen LogP contribution is -2.15. The van der Waals surface area contributed by atoms with Crippen molar-refractivity contribution in [3.05, 3.63) is 126 Å². The Kier molecular flexibility index (Phi) is 7.14. The number of para-hydroxylation sites is 2. The predicted molar refractivity (Wildman–Crippen MR) is 168 cm³/mol. The summed E-state index contributed by atoms with van der Waals surface area (Å²) >= 11 is 0. The number of anilines is 2. The molecule has 4 aromatic rings. The van der Waals surface area contributed by atoms with Crippen LogP contribution in [0, 0.1) is 13.8 Å². The van der Waals surface area contributed by atoms with Crippen LogP contribution in [0.1, 0.15) is 18.1 Å². The van der Waals surface area contributed by atoms with Gasteiger partial charge in [0.2, 0.25) is 0 Å². The molecule has 1 aliphatic heterocycles. The second kappa shape index (κ2) is 10.9. The van der Waals surface area contributed by atoms with Crippen molar-refractivity contribution < 1.29 is 17.4 Å². The van der Waals surface area contributed by atoms with Gasteiger partial charge < -0.3 is 9.32 Å². The lowest BCUT2D eigenvalue weighted by atomic mass is 9.93. The Morgan fingerprint density at radius 3 is 2.19 bits per heavy atom. The van der Waals surface area contributed by atoms with Gasteiger partial charge in [-0.25, -0.2) is 4.99 Å². The van der Waals surface area contributed by atoms with Crippen molar-refractivity contribution in [2.24, 2.45) is 4.99 Å². The molecule has 0 saturated heterocycles. The highest BCUT2D eigenvalue weighted by Crippen LogP contribution is 2.43. The quantitative estimate of drug-likeness (QED) is 0.159. The smallest absolute Gasteiger partial charge is 0.295 e. The van der Waals surface area contributed by atoms with Crippen LogP contribution in [-0.4, -0.2) is 19.5 Å². The molecule has 0 spiro atoms. The zero-order valence-corrected chi connectivity index (χ0v) is 24.4. The van der Waals surface area contributed by atoms with Gasteiger partial charge >= 0.3 is 0 Å². The SMILES string of the molecule is CCN(c1ccccc1)c1ccc2c(-c3ccccc3S(=O)(=O)O)c3cc/c(=N\c4c(C)cccc4C)cc-3oc2c1. The van der Waals surface area contributed by atoms with Crippen molar-refractivity contribution >= 4 is 38.1 Å². The van der Waals surface area contributed by atoms with Crippen molar-refractivity contribution in [3.8, 4) is 22.5 Å². The van der Waals surface area contributed by atoms with Crippen LogP contribution in [0.4, 0.5) is 17.1 Å². The highest BCUT2D eigenvalue weighted by Gasteiger charge is 2.24. The first-order valence-corrected chi connectivity index (χ1v) is 15.2. The number of benzene rings is 5. The molecule has 0 unspecified atom stereocenters. The summed E-state index contributed by atoms with van der Waals surface area (Å²) in [5, 5.41) is 1.44. The first kappa shape index (κ1) is 27.4. The summed E-state index contributed by atoms with van der Waals surface area (Å²) in [6.45, 7) is 6.88. The van der Waals surface area contributed by atoms with Crippen LogP contribution in [0.2, 0.25) is 0 Å². The number of hydrogen-bond acceptors (Lipinski definition) is 5. The minimum Gasteiger partial charge on any atom is -0.456 e. The van der Waals surface area contributed by atoms with Gasteiger partial charge in [-0.1, -0.05) is 54.6 Å². The van der Waals surface area contributed by atoms with Gasteiger partial charge in [-0.2, -0.15) is 8.42 Å². The molecule has 6 rings (SSSR count). The molecule has 0 atom stereocenters. The van der Waals surface area contributed by atoms with Gasteiger partial charge in [-0.15, -0.1) is 0 Å². The van der Waals surface area contributed by atoms with Crippen LogP contribution in [0.5, 0.6) is 0 Å². The van der Waals surface area contributed by atoms with Crippen LogP contribution in [0.25, 0.3) is 33.4 Å². The topological polar surface area (TPSA) is 83.1 Å². The van der Waals surface area contributed by atoms with Crippen LogP contribution >= 0.6 is 0 Å². The number of fused-ring (bicyclic) bond motifs is 2. The highest BCUT2D eigenvalue weighted by molar-refractivity contribution is 7.86. The average Bonchev–Trinajstić information content (AvgIpc) is 2.98. The van der Waals surface area contributed by atoms with E-state index in [1.54, 1.807) is 18.2 Å². The summed E-state index contributed by atoms with van der Waals surface area (Å²) in [6.07, 6.45) is 0. The molecule has 210 valence electrons. The molecule has 0 bridgehead atoms. The highest BCUT2D eigenvalue weighted by atomic mass is 32.2. The molecule has 1 N–H and O–H groups in total. The predicted octanol–water partition coefficient (Wildman–Crippen LogP) is 8.46. The van der Waals surface area contributed by atoms with Gasteiger partial charge in [-0.3, -0.25) is 4.55 Å². The number of hydrogen-bond donors (Lipinski definition) is 1. The van der Waals surface area contributed by atoms with Gasteiger partial charge in [0.25, 0.3) is 10.1 Å². The van der Waals surface area contributed by atoms with Gasteiger partial charge in [0.1, 0.15) is 16.2 Å².